The first kappa shape index (κ1) is 17.0. The highest BCUT2D eigenvalue weighted by Gasteiger charge is 2.58. The van der Waals surface area contributed by atoms with Crippen molar-refractivity contribution < 1.29 is 33.0 Å². The van der Waals surface area contributed by atoms with Gasteiger partial charge in [0.1, 0.15) is 13.1 Å². The molecule has 0 aromatic heterocycles. The van der Waals surface area contributed by atoms with Crippen LogP contribution in [0.3, 0.4) is 0 Å². The maximum Gasteiger partial charge on any atom is 0.393 e. The van der Waals surface area contributed by atoms with Crippen LogP contribution in [0.5, 0.6) is 0 Å². The van der Waals surface area contributed by atoms with Gasteiger partial charge in [0.25, 0.3) is 0 Å². The van der Waals surface area contributed by atoms with Crippen LogP contribution < -0.4 is 0 Å². The fourth-order valence-corrected chi connectivity index (χ4v) is 2.73. The zero-order valence-electron chi connectivity index (χ0n) is 14.1. The minimum absolute atomic E-state index is 0.0903. The van der Waals surface area contributed by atoms with E-state index in [1.165, 1.54) is 20.5 Å². The second-order valence-corrected chi connectivity index (χ2v) is 5.79. The summed E-state index contributed by atoms with van der Waals surface area (Å²) < 4.78 is 21.0. The molecule has 0 bridgehead atoms. The lowest BCUT2D eigenvalue weighted by atomic mass is 10.1. The summed E-state index contributed by atoms with van der Waals surface area (Å²) in [6, 6.07) is 9.82. The number of carbonyl (C=O) groups excluding carboxylic acids is 2. The summed E-state index contributed by atoms with van der Waals surface area (Å²) in [5.74, 6) is -0.731. The van der Waals surface area contributed by atoms with Crippen LogP contribution in [0.2, 0.25) is 0 Å². The maximum absolute atomic E-state index is 12.1. The second-order valence-electron chi connectivity index (χ2n) is 5.79. The van der Waals surface area contributed by atoms with Crippen molar-refractivity contribution in [3.05, 3.63) is 59.8 Å². The predicted molar refractivity (Wildman–Crippen MR) is 86.3 cm³/mol. The normalized spacial score (nSPS) is 20.8. The average molecular weight is 346 g/mol. The van der Waals surface area contributed by atoms with Crippen molar-refractivity contribution in [1.82, 2.24) is 0 Å². The van der Waals surface area contributed by atoms with E-state index in [9.17, 15) is 9.59 Å². The van der Waals surface area contributed by atoms with Crippen LogP contribution in [0.25, 0.3) is 0 Å². The molecular weight excluding hydrogens is 326 g/mol. The third-order valence-corrected chi connectivity index (χ3v) is 4.22. The Morgan fingerprint density at radius 3 is 2.52 bits per heavy atom. The molecule has 3 rings (SSSR count). The Kier molecular flexibility index (Phi) is 4.76. The molecule has 2 aliphatic rings. The first-order valence-electron chi connectivity index (χ1n) is 7.91. The van der Waals surface area contributed by atoms with Crippen molar-refractivity contribution in [2.75, 3.05) is 27.3 Å². The molecule has 7 nitrogen and oxygen atoms in total. The minimum atomic E-state index is -0.620. The summed E-state index contributed by atoms with van der Waals surface area (Å²) in [7, 11) is 2.52. The Bertz CT molecular complexity index is 720. The van der Waals surface area contributed by atoms with E-state index in [0.717, 1.165) is 11.6 Å². The van der Waals surface area contributed by atoms with Crippen molar-refractivity contribution >= 4 is 11.9 Å². The van der Waals surface area contributed by atoms with Gasteiger partial charge in [0, 0.05) is 6.42 Å². The van der Waals surface area contributed by atoms with E-state index in [1.54, 1.807) is 0 Å². The predicted octanol–water partition coefficient (Wildman–Crippen LogP) is 1.46. The number of carbonyl (C=O) groups is 2. The number of rotatable bonds is 6. The number of quaternary nitrogens is 1. The summed E-state index contributed by atoms with van der Waals surface area (Å²) in [6.45, 7) is 1.23. The van der Waals surface area contributed by atoms with Crippen LogP contribution in [-0.2, 0) is 35.0 Å². The number of hydrogen-bond donors (Lipinski definition) is 0. The molecule has 1 saturated heterocycles. The van der Waals surface area contributed by atoms with Gasteiger partial charge < -0.3 is 18.9 Å². The standard InChI is InChI=1S/C18H20NO6/c1-22-16(20)11-14(18(21)23-2)19(8-9-19)15-12-24-17(25-15)10-13-6-4-3-5-7-13/h3-7,11-12,17H,8-10H2,1-2H3/q+1. The smallest absolute Gasteiger partial charge is 0.393 e. The number of benzene rings is 1. The Morgan fingerprint density at radius 1 is 1.20 bits per heavy atom. The largest absolute Gasteiger partial charge is 0.466 e. The summed E-state index contributed by atoms with van der Waals surface area (Å²) in [5, 5.41) is 0. The zero-order chi connectivity index (χ0) is 17.9. The van der Waals surface area contributed by atoms with E-state index < -0.39 is 18.2 Å². The Balaban J connectivity index is 1.75. The number of ether oxygens (including phenoxy) is 4. The van der Waals surface area contributed by atoms with Gasteiger partial charge in [-0.1, -0.05) is 30.3 Å². The van der Waals surface area contributed by atoms with Gasteiger partial charge in [0.15, 0.2) is 6.26 Å². The zero-order valence-corrected chi connectivity index (χ0v) is 14.1. The lowest BCUT2D eigenvalue weighted by molar-refractivity contribution is -0.731. The van der Waals surface area contributed by atoms with Gasteiger partial charge in [-0.3, -0.25) is 0 Å². The van der Waals surface area contributed by atoms with E-state index in [0.29, 0.717) is 25.4 Å². The SMILES string of the molecule is COC(=O)C=C(C(=O)OC)[N+]1(C2=COC(Cc3ccccc3)O2)CC1. The van der Waals surface area contributed by atoms with Gasteiger partial charge in [0.2, 0.25) is 12.0 Å². The molecule has 2 heterocycles. The molecule has 1 aromatic rings. The van der Waals surface area contributed by atoms with Gasteiger partial charge in [-0.2, -0.15) is 0 Å². The fraction of sp³-hybridized carbons (Fsp3) is 0.333. The van der Waals surface area contributed by atoms with Gasteiger partial charge in [0.05, 0.1) is 20.3 Å². The van der Waals surface area contributed by atoms with E-state index in [2.05, 4.69) is 4.74 Å². The van der Waals surface area contributed by atoms with Crippen molar-refractivity contribution in [1.29, 1.82) is 0 Å². The van der Waals surface area contributed by atoms with Crippen molar-refractivity contribution in [2.45, 2.75) is 12.7 Å². The lowest BCUT2D eigenvalue weighted by Gasteiger charge is -2.19. The molecular formula is C18H20NO6+. The maximum atomic E-state index is 12.1. The van der Waals surface area contributed by atoms with Crippen molar-refractivity contribution in [2.24, 2.45) is 0 Å². The topological polar surface area (TPSA) is 71.1 Å². The van der Waals surface area contributed by atoms with Crippen LogP contribution >= 0.6 is 0 Å². The van der Waals surface area contributed by atoms with Gasteiger partial charge in [-0.05, 0) is 5.56 Å². The second kappa shape index (κ2) is 6.98. The van der Waals surface area contributed by atoms with Gasteiger partial charge >= 0.3 is 17.8 Å². The van der Waals surface area contributed by atoms with Crippen LogP contribution in [-0.4, -0.2) is 50.0 Å². The summed E-state index contributed by atoms with van der Waals surface area (Å²) in [4.78, 5) is 23.8. The van der Waals surface area contributed by atoms with E-state index in [4.69, 9.17) is 14.2 Å². The summed E-state index contributed by atoms with van der Waals surface area (Å²) in [6.07, 6.45) is 2.77. The van der Waals surface area contributed by atoms with E-state index in [-0.39, 0.29) is 10.2 Å². The van der Waals surface area contributed by atoms with Crippen LogP contribution in [0.15, 0.2) is 54.3 Å². The molecule has 1 unspecified atom stereocenters. The van der Waals surface area contributed by atoms with E-state index in [1.807, 2.05) is 30.3 Å². The summed E-state index contributed by atoms with van der Waals surface area (Å²) >= 11 is 0. The Labute approximate surface area is 145 Å². The first-order chi connectivity index (χ1) is 12.1. The monoisotopic (exact) mass is 346 g/mol. The number of esters is 2. The number of methoxy groups -OCH3 is 2. The molecule has 132 valence electrons. The summed E-state index contributed by atoms with van der Waals surface area (Å²) in [5.41, 5.74) is 1.25. The van der Waals surface area contributed by atoms with Gasteiger partial charge in [-0.15, -0.1) is 0 Å². The molecule has 0 aliphatic carbocycles. The third-order valence-electron chi connectivity index (χ3n) is 4.22. The van der Waals surface area contributed by atoms with Crippen LogP contribution in [0.1, 0.15) is 5.56 Å². The molecule has 0 radical (unpaired) electrons. The number of nitrogens with zero attached hydrogens (tertiary/aromatic N) is 1. The quantitative estimate of drug-likeness (QED) is 0.336. The molecule has 2 aliphatic heterocycles. The third kappa shape index (κ3) is 3.51. The molecule has 0 spiro atoms. The molecule has 0 amide bonds. The molecule has 25 heavy (non-hydrogen) atoms. The molecule has 1 atom stereocenters. The first-order valence-corrected chi connectivity index (χ1v) is 7.91. The van der Waals surface area contributed by atoms with Crippen molar-refractivity contribution in [3.63, 3.8) is 0 Å². The van der Waals surface area contributed by atoms with Crippen LogP contribution in [0, 0.1) is 0 Å². The molecule has 0 N–H and O–H groups in total. The lowest BCUT2D eigenvalue weighted by Crippen LogP contribution is -2.32. The minimum Gasteiger partial charge on any atom is -0.466 e. The molecule has 1 fully saturated rings. The highest BCUT2D eigenvalue weighted by atomic mass is 16.7. The highest BCUT2D eigenvalue weighted by molar-refractivity contribution is 5.94. The fourth-order valence-electron chi connectivity index (χ4n) is 2.73. The highest BCUT2D eigenvalue weighted by Crippen LogP contribution is 2.40. The Hall–Kier alpha value is -2.80. The van der Waals surface area contributed by atoms with Crippen molar-refractivity contribution in [3.8, 4) is 0 Å². The molecule has 1 aromatic carbocycles. The number of hydrogen-bond acceptors (Lipinski definition) is 6. The molecule has 0 saturated carbocycles. The van der Waals surface area contributed by atoms with Crippen LogP contribution in [0.4, 0.5) is 0 Å². The molecule has 7 heteroatoms. The van der Waals surface area contributed by atoms with Gasteiger partial charge in [-0.25, -0.2) is 14.1 Å². The average Bonchev–Trinajstić information content (AvgIpc) is 3.31. The van der Waals surface area contributed by atoms with E-state index >= 15 is 0 Å². The Morgan fingerprint density at radius 2 is 1.92 bits per heavy atom.